The number of rotatable bonds is 6. The Balaban J connectivity index is 2.53. The predicted octanol–water partition coefficient (Wildman–Crippen LogP) is 1.74. The number of thiocarbonyl (C=S) groups is 1. The van der Waals surface area contributed by atoms with Gasteiger partial charge in [0.1, 0.15) is 0 Å². The maximum atomic E-state index is 11.0. The predicted molar refractivity (Wildman–Crippen MR) is 83.5 cm³/mol. The minimum Gasteiger partial charge on any atom is -0.469 e. The van der Waals surface area contributed by atoms with Crippen molar-refractivity contribution in [2.75, 3.05) is 7.11 Å². The number of nitrogens with zero attached hydrogens (tertiary/aromatic N) is 1. The van der Waals surface area contributed by atoms with Crippen LogP contribution in [0.3, 0.4) is 0 Å². The Kier molecular flexibility index (Phi) is 6.66. The number of nitrogens with two attached hydrogens (primary N) is 1. The van der Waals surface area contributed by atoms with Crippen molar-refractivity contribution in [3.05, 3.63) is 35.4 Å². The first-order chi connectivity index (χ1) is 9.52. The summed E-state index contributed by atoms with van der Waals surface area (Å²) in [6.45, 7) is 1.87. The highest BCUT2D eigenvalue weighted by atomic mass is 32.1. The van der Waals surface area contributed by atoms with Gasteiger partial charge in [0.15, 0.2) is 5.11 Å². The normalized spacial score (nSPS) is 11.0. The molecule has 1 rings (SSSR count). The molecule has 0 aliphatic heterocycles. The van der Waals surface area contributed by atoms with Gasteiger partial charge in [-0.1, -0.05) is 24.3 Å². The maximum absolute atomic E-state index is 11.0. The quantitative estimate of drug-likeness (QED) is 0.361. The van der Waals surface area contributed by atoms with Crippen LogP contribution in [0.15, 0.2) is 29.4 Å². The summed E-state index contributed by atoms with van der Waals surface area (Å²) in [5, 5.41) is 4.20. The summed E-state index contributed by atoms with van der Waals surface area (Å²) in [4.78, 5) is 11.0. The lowest BCUT2D eigenvalue weighted by Crippen LogP contribution is -2.25. The average Bonchev–Trinajstić information content (AvgIpc) is 2.45. The molecule has 0 radical (unpaired) electrons. The van der Waals surface area contributed by atoms with Crippen molar-refractivity contribution in [1.29, 1.82) is 0 Å². The molecule has 0 aliphatic carbocycles. The van der Waals surface area contributed by atoms with Crippen molar-refractivity contribution in [1.82, 2.24) is 5.43 Å². The summed E-state index contributed by atoms with van der Waals surface area (Å²) >= 11 is 4.69. The molecule has 0 aliphatic rings. The zero-order chi connectivity index (χ0) is 15.0. The molecular formula is C14H19N3O2S. The largest absolute Gasteiger partial charge is 0.469 e. The molecule has 0 amide bonds. The van der Waals surface area contributed by atoms with Crippen LogP contribution in [0.5, 0.6) is 0 Å². The molecule has 20 heavy (non-hydrogen) atoms. The molecule has 6 heteroatoms. The first kappa shape index (κ1) is 16.1. The molecule has 0 unspecified atom stereocenters. The van der Waals surface area contributed by atoms with Crippen molar-refractivity contribution in [2.24, 2.45) is 10.8 Å². The molecule has 0 heterocycles. The molecule has 108 valence electrons. The number of benzene rings is 1. The van der Waals surface area contributed by atoms with Crippen molar-refractivity contribution in [3.63, 3.8) is 0 Å². The molecule has 1 aromatic rings. The minimum atomic E-state index is -0.173. The van der Waals surface area contributed by atoms with Crippen molar-refractivity contribution < 1.29 is 9.53 Å². The Bertz CT molecular complexity index is 498. The Hall–Kier alpha value is -1.95. The second-order valence-corrected chi connectivity index (χ2v) is 4.74. The van der Waals surface area contributed by atoms with Crippen LogP contribution in [0.2, 0.25) is 0 Å². The zero-order valence-corrected chi connectivity index (χ0v) is 12.5. The van der Waals surface area contributed by atoms with E-state index in [1.54, 1.807) is 0 Å². The second kappa shape index (κ2) is 8.27. The van der Waals surface area contributed by atoms with Gasteiger partial charge in [-0.2, -0.15) is 5.10 Å². The molecule has 1 aromatic carbocycles. The standard InChI is InChI=1S/C14H19N3O2S/c1-10(16-17-14(15)20)12-8-6-11(7-9-12)4-3-5-13(18)19-2/h6-9H,3-5H2,1-2H3,(H3,15,17,20)/b16-10+. The number of carbonyl (C=O) groups excluding carboxylic acids is 1. The van der Waals surface area contributed by atoms with E-state index in [1.165, 1.54) is 12.7 Å². The van der Waals surface area contributed by atoms with Crippen molar-refractivity contribution >= 4 is 29.0 Å². The molecule has 0 fully saturated rings. The lowest BCUT2D eigenvalue weighted by molar-refractivity contribution is -0.140. The van der Waals surface area contributed by atoms with Gasteiger partial charge >= 0.3 is 5.97 Å². The van der Waals surface area contributed by atoms with E-state index in [-0.39, 0.29) is 11.1 Å². The molecule has 5 nitrogen and oxygen atoms in total. The van der Waals surface area contributed by atoms with Gasteiger partial charge in [-0.15, -0.1) is 0 Å². The topological polar surface area (TPSA) is 76.7 Å². The van der Waals surface area contributed by atoms with Gasteiger partial charge in [-0.05, 0) is 43.1 Å². The fraction of sp³-hybridized carbons (Fsp3) is 0.357. The number of methoxy groups -OCH3 is 1. The van der Waals surface area contributed by atoms with Crippen LogP contribution >= 0.6 is 12.2 Å². The number of hydrazone groups is 1. The van der Waals surface area contributed by atoms with Gasteiger partial charge in [0.25, 0.3) is 0 Å². The monoisotopic (exact) mass is 293 g/mol. The van der Waals surface area contributed by atoms with E-state index in [0.717, 1.165) is 24.1 Å². The lowest BCUT2D eigenvalue weighted by atomic mass is 10.0. The van der Waals surface area contributed by atoms with Crippen LogP contribution in [-0.4, -0.2) is 23.9 Å². The van der Waals surface area contributed by atoms with Gasteiger partial charge in [-0.25, -0.2) is 0 Å². The van der Waals surface area contributed by atoms with E-state index in [1.807, 2.05) is 31.2 Å². The zero-order valence-electron chi connectivity index (χ0n) is 11.7. The SMILES string of the molecule is COC(=O)CCCc1ccc(/C(C)=N/NC(N)=S)cc1. The number of ether oxygens (including phenoxy) is 1. The van der Waals surface area contributed by atoms with E-state index < -0.39 is 0 Å². The van der Waals surface area contributed by atoms with Crippen molar-refractivity contribution in [2.45, 2.75) is 26.2 Å². The van der Waals surface area contributed by atoms with E-state index in [9.17, 15) is 4.79 Å². The first-order valence-electron chi connectivity index (χ1n) is 6.28. The second-order valence-electron chi connectivity index (χ2n) is 4.30. The Labute approximate surface area is 124 Å². The first-order valence-corrected chi connectivity index (χ1v) is 6.69. The summed E-state index contributed by atoms with van der Waals surface area (Å²) < 4.78 is 4.60. The fourth-order valence-corrected chi connectivity index (χ4v) is 1.70. The number of carbonyl (C=O) groups is 1. The fourth-order valence-electron chi connectivity index (χ4n) is 1.66. The summed E-state index contributed by atoms with van der Waals surface area (Å²) in [6, 6.07) is 8.00. The molecule has 0 saturated heterocycles. The van der Waals surface area contributed by atoms with Gasteiger partial charge in [0.05, 0.1) is 12.8 Å². The van der Waals surface area contributed by atoms with E-state index in [2.05, 4.69) is 27.5 Å². The molecule has 0 spiro atoms. The van der Waals surface area contributed by atoms with E-state index in [0.29, 0.717) is 6.42 Å². The Morgan fingerprint density at radius 3 is 2.60 bits per heavy atom. The smallest absolute Gasteiger partial charge is 0.305 e. The third kappa shape index (κ3) is 5.79. The van der Waals surface area contributed by atoms with Crippen LogP contribution in [-0.2, 0) is 16.0 Å². The molecule has 0 aromatic heterocycles. The van der Waals surface area contributed by atoms with Crippen LogP contribution in [0.4, 0.5) is 0 Å². The van der Waals surface area contributed by atoms with Gasteiger partial charge in [0.2, 0.25) is 0 Å². The van der Waals surface area contributed by atoms with E-state index >= 15 is 0 Å². The van der Waals surface area contributed by atoms with E-state index in [4.69, 9.17) is 5.73 Å². The van der Waals surface area contributed by atoms with Gasteiger partial charge in [-0.3, -0.25) is 10.2 Å². The Morgan fingerprint density at radius 1 is 1.40 bits per heavy atom. The highest BCUT2D eigenvalue weighted by Gasteiger charge is 2.02. The molecule has 0 saturated carbocycles. The number of aryl methyl sites for hydroxylation is 1. The number of hydrogen-bond donors (Lipinski definition) is 2. The highest BCUT2D eigenvalue weighted by molar-refractivity contribution is 7.80. The van der Waals surface area contributed by atoms with Gasteiger partial charge < -0.3 is 10.5 Å². The van der Waals surface area contributed by atoms with Gasteiger partial charge in [0, 0.05) is 6.42 Å². The number of nitrogens with one attached hydrogen (secondary N) is 1. The number of esters is 1. The third-order valence-corrected chi connectivity index (χ3v) is 2.87. The molecular weight excluding hydrogens is 274 g/mol. The minimum absolute atomic E-state index is 0.142. The summed E-state index contributed by atoms with van der Waals surface area (Å²) in [6.07, 6.45) is 2.06. The summed E-state index contributed by atoms with van der Waals surface area (Å²) in [5.74, 6) is -0.173. The summed E-state index contributed by atoms with van der Waals surface area (Å²) in [7, 11) is 1.40. The van der Waals surface area contributed by atoms with Crippen LogP contribution in [0.1, 0.15) is 30.9 Å². The molecule has 3 N–H and O–H groups in total. The van der Waals surface area contributed by atoms with Crippen molar-refractivity contribution in [3.8, 4) is 0 Å². The maximum Gasteiger partial charge on any atom is 0.305 e. The average molecular weight is 293 g/mol. The third-order valence-electron chi connectivity index (χ3n) is 2.78. The highest BCUT2D eigenvalue weighted by Crippen LogP contribution is 2.09. The van der Waals surface area contributed by atoms with Crippen LogP contribution in [0.25, 0.3) is 0 Å². The molecule has 0 atom stereocenters. The number of hydrogen-bond acceptors (Lipinski definition) is 4. The van der Waals surface area contributed by atoms with Crippen LogP contribution in [0, 0.1) is 0 Å². The Morgan fingerprint density at radius 2 is 2.05 bits per heavy atom. The van der Waals surface area contributed by atoms with Crippen LogP contribution < -0.4 is 11.2 Å². The lowest BCUT2D eigenvalue weighted by Gasteiger charge is -2.04. The summed E-state index contributed by atoms with van der Waals surface area (Å²) in [5.41, 5.74) is 10.8. The molecule has 0 bridgehead atoms.